The van der Waals surface area contributed by atoms with E-state index in [-0.39, 0.29) is 6.10 Å². The average molecular weight is 286 g/mol. The van der Waals surface area contributed by atoms with E-state index in [2.05, 4.69) is 10.6 Å². The molecule has 1 heterocycles. The molecular weight excluding hydrogens is 260 g/mol. The zero-order chi connectivity index (χ0) is 15.2. The molecule has 2 atom stereocenters. The van der Waals surface area contributed by atoms with Gasteiger partial charge >= 0.3 is 12.0 Å². The van der Waals surface area contributed by atoms with Crippen molar-refractivity contribution in [1.29, 1.82) is 0 Å². The van der Waals surface area contributed by atoms with Crippen LogP contribution in [0.5, 0.6) is 0 Å². The normalized spacial score (nSPS) is 21.1. The topological polar surface area (TPSA) is 87.7 Å². The monoisotopic (exact) mass is 286 g/mol. The lowest BCUT2D eigenvalue weighted by molar-refractivity contribution is -0.141. The summed E-state index contributed by atoms with van der Waals surface area (Å²) in [5.74, 6) is -1.02. The lowest BCUT2D eigenvalue weighted by atomic mass is 9.87. The van der Waals surface area contributed by atoms with Crippen LogP contribution in [0.3, 0.4) is 0 Å². The number of carboxylic acid groups (broad SMARTS) is 1. The molecule has 1 aliphatic rings. The van der Waals surface area contributed by atoms with Crippen molar-refractivity contribution >= 4 is 12.0 Å². The van der Waals surface area contributed by atoms with Crippen molar-refractivity contribution in [2.45, 2.75) is 58.6 Å². The summed E-state index contributed by atoms with van der Waals surface area (Å²) in [5.41, 5.74) is -0.532. The Morgan fingerprint density at radius 1 is 1.35 bits per heavy atom. The summed E-state index contributed by atoms with van der Waals surface area (Å²) in [6, 6.07) is -1.35. The molecule has 1 saturated heterocycles. The van der Waals surface area contributed by atoms with Gasteiger partial charge in [-0.2, -0.15) is 0 Å². The van der Waals surface area contributed by atoms with E-state index < -0.39 is 23.5 Å². The van der Waals surface area contributed by atoms with Crippen LogP contribution in [0.15, 0.2) is 0 Å². The first-order valence-electron chi connectivity index (χ1n) is 7.19. The number of hydrogen-bond acceptors (Lipinski definition) is 3. The van der Waals surface area contributed by atoms with Crippen molar-refractivity contribution in [1.82, 2.24) is 10.6 Å². The first-order chi connectivity index (χ1) is 9.30. The minimum absolute atomic E-state index is 0.210. The summed E-state index contributed by atoms with van der Waals surface area (Å²) in [6.45, 7) is 6.63. The summed E-state index contributed by atoms with van der Waals surface area (Å²) in [6.07, 6.45) is 4.28. The fourth-order valence-corrected chi connectivity index (χ4v) is 2.21. The largest absolute Gasteiger partial charge is 0.480 e. The van der Waals surface area contributed by atoms with Crippen molar-refractivity contribution < 1.29 is 19.4 Å². The quantitative estimate of drug-likeness (QED) is 0.718. The van der Waals surface area contributed by atoms with Gasteiger partial charge in [-0.05, 0) is 31.1 Å². The molecule has 0 bridgehead atoms. The number of ether oxygens (including phenoxy) is 1. The lowest BCUT2D eigenvalue weighted by Gasteiger charge is -2.28. The van der Waals surface area contributed by atoms with Crippen LogP contribution in [0.4, 0.5) is 4.79 Å². The Labute approximate surface area is 120 Å². The van der Waals surface area contributed by atoms with E-state index in [1.165, 1.54) is 6.42 Å². The minimum Gasteiger partial charge on any atom is -0.480 e. The molecule has 6 nitrogen and oxygen atoms in total. The molecule has 2 amide bonds. The molecule has 6 heteroatoms. The lowest BCUT2D eigenvalue weighted by Crippen LogP contribution is -2.52. The molecule has 0 saturated carbocycles. The third kappa shape index (κ3) is 5.77. The smallest absolute Gasteiger partial charge is 0.326 e. The molecular formula is C14H26N2O4. The van der Waals surface area contributed by atoms with Crippen LogP contribution in [-0.4, -0.2) is 42.4 Å². The molecule has 0 spiro atoms. The van der Waals surface area contributed by atoms with E-state index in [1.54, 1.807) is 20.8 Å². The van der Waals surface area contributed by atoms with Crippen molar-refractivity contribution in [3.63, 3.8) is 0 Å². The number of amides is 2. The van der Waals surface area contributed by atoms with Crippen LogP contribution >= 0.6 is 0 Å². The van der Waals surface area contributed by atoms with Gasteiger partial charge in [-0.25, -0.2) is 9.59 Å². The van der Waals surface area contributed by atoms with Crippen molar-refractivity contribution in [2.75, 3.05) is 13.2 Å². The molecule has 1 aliphatic heterocycles. The summed E-state index contributed by atoms with van der Waals surface area (Å²) < 4.78 is 5.57. The number of nitrogens with one attached hydrogen (secondary N) is 2. The molecule has 116 valence electrons. The van der Waals surface area contributed by atoms with Crippen molar-refractivity contribution in [2.24, 2.45) is 5.41 Å². The van der Waals surface area contributed by atoms with Gasteiger partial charge in [-0.15, -0.1) is 0 Å². The highest BCUT2D eigenvalue weighted by molar-refractivity contribution is 5.83. The third-order valence-corrected chi connectivity index (χ3v) is 3.41. The number of aliphatic carboxylic acids is 1. The number of rotatable bonds is 5. The Balaban J connectivity index is 2.29. The van der Waals surface area contributed by atoms with Crippen LogP contribution in [0, 0.1) is 5.41 Å². The molecule has 0 aromatic rings. The average Bonchev–Trinajstić information content (AvgIpc) is 2.35. The minimum atomic E-state index is -1.02. The molecule has 1 rings (SSSR count). The predicted molar refractivity (Wildman–Crippen MR) is 75.6 cm³/mol. The van der Waals surface area contributed by atoms with Crippen LogP contribution in [0.2, 0.25) is 0 Å². The second kappa shape index (κ2) is 7.47. The van der Waals surface area contributed by atoms with Gasteiger partial charge in [-0.1, -0.05) is 20.8 Å². The van der Waals surface area contributed by atoms with E-state index in [0.717, 1.165) is 25.9 Å². The zero-order valence-corrected chi connectivity index (χ0v) is 12.6. The van der Waals surface area contributed by atoms with Gasteiger partial charge in [0.1, 0.15) is 6.04 Å². The molecule has 0 radical (unpaired) electrons. The standard InChI is InChI=1S/C14H26N2O4/c1-14(2,3)11(12(17)18)16-13(19)15-8-7-10-6-4-5-9-20-10/h10-11H,4-9H2,1-3H3,(H,17,18)(H2,15,16,19). The molecule has 2 unspecified atom stereocenters. The Bertz CT molecular complexity index is 333. The number of urea groups is 1. The number of carboxylic acids is 1. The summed E-state index contributed by atoms with van der Waals surface area (Å²) >= 11 is 0. The van der Waals surface area contributed by atoms with Gasteiger partial charge in [0.05, 0.1) is 6.10 Å². The fraction of sp³-hybridized carbons (Fsp3) is 0.857. The Morgan fingerprint density at radius 2 is 2.05 bits per heavy atom. The SMILES string of the molecule is CC(C)(C)C(NC(=O)NCCC1CCCCO1)C(=O)O. The Kier molecular flexibility index (Phi) is 6.26. The van der Waals surface area contributed by atoms with Gasteiger partial charge in [-0.3, -0.25) is 0 Å². The predicted octanol–water partition coefficient (Wildman–Crippen LogP) is 1.74. The number of carbonyl (C=O) groups is 2. The number of hydrogen-bond donors (Lipinski definition) is 3. The molecule has 1 fully saturated rings. The van der Waals surface area contributed by atoms with E-state index in [4.69, 9.17) is 9.84 Å². The Hall–Kier alpha value is -1.30. The van der Waals surface area contributed by atoms with Gasteiger partial charge in [0.15, 0.2) is 0 Å². The van der Waals surface area contributed by atoms with Gasteiger partial charge in [0, 0.05) is 13.2 Å². The third-order valence-electron chi connectivity index (χ3n) is 3.41. The number of carbonyl (C=O) groups excluding carboxylic acids is 1. The van der Waals surface area contributed by atoms with E-state index in [9.17, 15) is 9.59 Å². The maximum absolute atomic E-state index is 11.7. The molecule has 0 aromatic carbocycles. The van der Waals surface area contributed by atoms with Gasteiger partial charge in [0.2, 0.25) is 0 Å². The first kappa shape index (κ1) is 16.8. The highest BCUT2D eigenvalue weighted by atomic mass is 16.5. The van der Waals surface area contributed by atoms with Crippen molar-refractivity contribution in [3.8, 4) is 0 Å². The van der Waals surface area contributed by atoms with Crippen LogP contribution in [0.1, 0.15) is 46.5 Å². The van der Waals surface area contributed by atoms with Gasteiger partial charge in [0.25, 0.3) is 0 Å². The highest BCUT2D eigenvalue weighted by Crippen LogP contribution is 2.19. The van der Waals surface area contributed by atoms with Crippen LogP contribution in [0.25, 0.3) is 0 Å². The van der Waals surface area contributed by atoms with Crippen LogP contribution in [-0.2, 0) is 9.53 Å². The Morgan fingerprint density at radius 3 is 2.55 bits per heavy atom. The van der Waals surface area contributed by atoms with Crippen molar-refractivity contribution in [3.05, 3.63) is 0 Å². The maximum Gasteiger partial charge on any atom is 0.326 e. The van der Waals surface area contributed by atoms with E-state index >= 15 is 0 Å². The first-order valence-corrected chi connectivity index (χ1v) is 7.19. The van der Waals surface area contributed by atoms with Crippen LogP contribution < -0.4 is 10.6 Å². The second-order valence-electron chi connectivity index (χ2n) is 6.31. The zero-order valence-electron chi connectivity index (χ0n) is 12.6. The summed E-state index contributed by atoms with van der Waals surface area (Å²) in [7, 11) is 0. The molecule has 20 heavy (non-hydrogen) atoms. The second-order valence-corrected chi connectivity index (χ2v) is 6.31. The maximum atomic E-state index is 11.7. The fourth-order valence-electron chi connectivity index (χ4n) is 2.21. The van der Waals surface area contributed by atoms with Gasteiger partial charge < -0.3 is 20.5 Å². The highest BCUT2D eigenvalue weighted by Gasteiger charge is 2.32. The molecule has 0 aliphatic carbocycles. The molecule has 0 aromatic heterocycles. The van der Waals surface area contributed by atoms with E-state index in [0.29, 0.717) is 6.54 Å². The summed E-state index contributed by atoms with van der Waals surface area (Å²) in [4.78, 5) is 22.9. The molecule has 3 N–H and O–H groups in total. The summed E-state index contributed by atoms with van der Waals surface area (Å²) in [5, 5.41) is 14.3. The van der Waals surface area contributed by atoms with E-state index in [1.807, 2.05) is 0 Å².